The van der Waals surface area contributed by atoms with Gasteiger partial charge in [-0.05, 0) is 54.8 Å². The number of ether oxygens (including phenoxy) is 1. The van der Waals surface area contributed by atoms with Crippen LogP contribution in [-0.4, -0.2) is 11.2 Å². The predicted molar refractivity (Wildman–Crippen MR) is 106 cm³/mol. The summed E-state index contributed by atoms with van der Waals surface area (Å²) < 4.78 is 13.3. The average molecular weight is 383 g/mol. The van der Waals surface area contributed by atoms with Crippen LogP contribution < -0.4 is 9.54 Å². The van der Waals surface area contributed by atoms with Gasteiger partial charge in [0.1, 0.15) is 11.5 Å². The van der Waals surface area contributed by atoms with Crippen molar-refractivity contribution in [1.29, 1.82) is 0 Å². The standard InChI is InChI=1S/C20H18N2O2S2/c1-2-23-16-9-7-15(8-10-16)21-20-22(13-17-5-3-11-24-17)18(14-26-20)19-6-4-12-25-19/h3-12,14H,2,13H2,1H3. The Morgan fingerprint density at radius 3 is 2.65 bits per heavy atom. The maximum atomic E-state index is 5.56. The van der Waals surface area contributed by atoms with E-state index in [0.29, 0.717) is 13.2 Å². The van der Waals surface area contributed by atoms with E-state index < -0.39 is 0 Å². The van der Waals surface area contributed by atoms with Crippen LogP contribution >= 0.6 is 22.7 Å². The van der Waals surface area contributed by atoms with E-state index in [9.17, 15) is 0 Å². The third-order valence-electron chi connectivity index (χ3n) is 3.84. The Kier molecular flexibility index (Phi) is 5.04. The molecule has 0 aliphatic rings. The SMILES string of the molecule is CCOc1ccc(N=c2scc(-c3cccs3)n2Cc2ccco2)cc1. The molecule has 4 rings (SSSR count). The van der Waals surface area contributed by atoms with Gasteiger partial charge in [0, 0.05) is 5.38 Å². The first-order valence-electron chi connectivity index (χ1n) is 8.35. The molecule has 3 aromatic heterocycles. The Balaban J connectivity index is 1.75. The first-order chi connectivity index (χ1) is 12.8. The molecule has 132 valence electrons. The highest BCUT2D eigenvalue weighted by molar-refractivity contribution is 7.14. The molecule has 0 amide bonds. The van der Waals surface area contributed by atoms with Gasteiger partial charge >= 0.3 is 0 Å². The molecule has 4 nitrogen and oxygen atoms in total. The number of aromatic nitrogens is 1. The molecule has 3 heterocycles. The van der Waals surface area contributed by atoms with Crippen molar-refractivity contribution in [3.63, 3.8) is 0 Å². The van der Waals surface area contributed by atoms with E-state index in [1.54, 1.807) is 28.9 Å². The normalized spacial score (nSPS) is 11.8. The molecule has 4 aromatic rings. The van der Waals surface area contributed by atoms with E-state index in [1.165, 1.54) is 4.88 Å². The van der Waals surface area contributed by atoms with Crippen LogP contribution in [0, 0.1) is 0 Å². The third kappa shape index (κ3) is 3.66. The van der Waals surface area contributed by atoms with Gasteiger partial charge in [0.15, 0.2) is 4.80 Å². The van der Waals surface area contributed by atoms with Crippen LogP contribution in [0.3, 0.4) is 0 Å². The fourth-order valence-corrected chi connectivity index (χ4v) is 4.39. The molecule has 0 aliphatic carbocycles. The Bertz CT molecular complexity index is 1010. The Labute approximate surface area is 159 Å². The van der Waals surface area contributed by atoms with Crippen LogP contribution in [0.25, 0.3) is 10.6 Å². The van der Waals surface area contributed by atoms with Crippen molar-refractivity contribution < 1.29 is 9.15 Å². The second-order valence-corrected chi connectivity index (χ2v) is 7.37. The number of nitrogens with zero attached hydrogens (tertiary/aromatic N) is 2. The molecule has 6 heteroatoms. The van der Waals surface area contributed by atoms with E-state index in [2.05, 4.69) is 27.5 Å². The lowest BCUT2D eigenvalue weighted by Crippen LogP contribution is -2.16. The monoisotopic (exact) mass is 382 g/mol. The van der Waals surface area contributed by atoms with Crippen LogP contribution in [0.2, 0.25) is 0 Å². The molecule has 0 N–H and O–H groups in total. The summed E-state index contributed by atoms with van der Waals surface area (Å²) in [7, 11) is 0. The minimum atomic E-state index is 0.652. The average Bonchev–Trinajstić information content (AvgIpc) is 3.40. The minimum absolute atomic E-state index is 0.652. The fraction of sp³-hybridized carbons (Fsp3) is 0.150. The summed E-state index contributed by atoms with van der Waals surface area (Å²) in [5.74, 6) is 1.77. The van der Waals surface area contributed by atoms with Crippen LogP contribution in [0.4, 0.5) is 5.69 Å². The molecular formula is C20H18N2O2S2. The van der Waals surface area contributed by atoms with Crippen LogP contribution in [0.5, 0.6) is 5.75 Å². The van der Waals surface area contributed by atoms with Crippen LogP contribution in [-0.2, 0) is 6.54 Å². The molecule has 1 aromatic carbocycles. The summed E-state index contributed by atoms with van der Waals surface area (Å²) in [5.41, 5.74) is 2.06. The van der Waals surface area contributed by atoms with Gasteiger partial charge in [-0.25, -0.2) is 4.99 Å². The number of hydrogen-bond acceptors (Lipinski definition) is 5. The summed E-state index contributed by atoms with van der Waals surface area (Å²) >= 11 is 3.36. The molecule has 0 saturated carbocycles. The Hall–Kier alpha value is -2.57. The number of rotatable bonds is 6. The Morgan fingerprint density at radius 2 is 1.96 bits per heavy atom. The van der Waals surface area contributed by atoms with E-state index in [0.717, 1.165) is 27.7 Å². The number of hydrogen-bond donors (Lipinski definition) is 0. The molecule has 0 bridgehead atoms. The molecule has 0 atom stereocenters. The van der Waals surface area contributed by atoms with Crippen molar-refractivity contribution in [1.82, 2.24) is 4.57 Å². The van der Waals surface area contributed by atoms with Gasteiger partial charge in [0.25, 0.3) is 0 Å². The van der Waals surface area contributed by atoms with Crippen molar-refractivity contribution in [3.05, 3.63) is 76.1 Å². The van der Waals surface area contributed by atoms with Crippen molar-refractivity contribution in [2.45, 2.75) is 13.5 Å². The molecule has 0 radical (unpaired) electrons. The van der Waals surface area contributed by atoms with Crippen molar-refractivity contribution >= 4 is 28.4 Å². The minimum Gasteiger partial charge on any atom is -0.494 e. The van der Waals surface area contributed by atoms with E-state index in [-0.39, 0.29) is 0 Å². The number of thiazole rings is 1. The number of benzene rings is 1. The summed E-state index contributed by atoms with van der Waals surface area (Å²) in [6, 6.07) is 16.0. The van der Waals surface area contributed by atoms with Crippen molar-refractivity contribution in [2.24, 2.45) is 4.99 Å². The Morgan fingerprint density at radius 1 is 1.08 bits per heavy atom. The molecule has 0 spiro atoms. The smallest absolute Gasteiger partial charge is 0.190 e. The molecule has 26 heavy (non-hydrogen) atoms. The molecule has 0 unspecified atom stereocenters. The molecular weight excluding hydrogens is 364 g/mol. The number of furan rings is 1. The van der Waals surface area contributed by atoms with Gasteiger partial charge in [0.2, 0.25) is 0 Å². The van der Waals surface area contributed by atoms with E-state index >= 15 is 0 Å². The summed E-state index contributed by atoms with van der Waals surface area (Å²) in [5, 5.41) is 4.25. The lowest BCUT2D eigenvalue weighted by atomic mass is 10.3. The molecule has 0 aliphatic heterocycles. The second-order valence-electron chi connectivity index (χ2n) is 5.59. The van der Waals surface area contributed by atoms with Crippen molar-refractivity contribution in [2.75, 3.05) is 6.61 Å². The zero-order valence-electron chi connectivity index (χ0n) is 14.3. The van der Waals surface area contributed by atoms with Gasteiger partial charge < -0.3 is 13.7 Å². The van der Waals surface area contributed by atoms with Gasteiger partial charge in [-0.1, -0.05) is 6.07 Å². The fourth-order valence-electron chi connectivity index (χ4n) is 2.65. The first kappa shape index (κ1) is 16.9. The largest absolute Gasteiger partial charge is 0.494 e. The van der Waals surface area contributed by atoms with Crippen molar-refractivity contribution in [3.8, 4) is 16.3 Å². The van der Waals surface area contributed by atoms with Gasteiger partial charge in [-0.15, -0.1) is 22.7 Å². The topological polar surface area (TPSA) is 39.7 Å². The maximum Gasteiger partial charge on any atom is 0.190 e. The van der Waals surface area contributed by atoms with Crippen LogP contribution in [0.15, 0.2) is 75.0 Å². The van der Waals surface area contributed by atoms with Crippen LogP contribution in [0.1, 0.15) is 12.7 Å². The van der Waals surface area contributed by atoms with E-state index in [1.807, 2.05) is 43.3 Å². The first-order valence-corrected chi connectivity index (χ1v) is 10.1. The summed E-state index contributed by atoms with van der Waals surface area (Å²) in [6.45, 7) is 3.29. The van der Waals surface area contributed by atoms with Gasteiger partial charge in [-0.2, -0.15) is 0 Å². The highest BCUT2D eigenvalue weighted by Gasteiger charge is 2.11. The molecule has 0 saturated heterocycles. The zero-order valence-corrected chi connectivity index (χ0v) is 15.9. The predicted octanol–water partition coefficient (Wildman–Crippen LogP) is 5.55. The quantitative estimate of drug-likeness (QED) is 0.438. The highest BCUT2D eigenvalue weighted by Crippen LogP contribution is 2.26. The summed E-state index contributed by atoms with van der Waals surface area (Å²) in [6.07, 6.45) is 1.70. The third-order valence-corrected chi connectivity index (χ3v) is 5.59. The molecule has 0 fully saturated rings. The highest BCUT2D eigenvalue weighted by atomic mass is 32.1. The number of thiophene rings is 1. The zero-order chi connectivity index (χ0) is 17.8. The van der Waals surface area contributed by atoms with Gasteiger partial charge in [-0.3, -0.25) is 0 Å². The summed E-state index contributed by atoms with van der Waals surface area (Å²) in [4.78, 5) is 7.00. The second kappa shape index (κ2) is 7.76. The van der Waals surface area contributed by atoms with E-state index in [4.69, 9.17) is 14.1 Å². The van der Waals surface area contributed by atoms with Gasteiger partial charge in [0.05, 0.1) is 35.7 Å². The maximum absolute atomic E-state index is 5.56. The lowest BCUT2D eigenvalue weighted by molar-refractivity contribution is 0.340. The lowest BCUT2D eigenvalue weighted by Gasteiger charge is -2.06.